The number of carbonyl (C=O) groups excluding carboxylic acids is 1. The molecule has 1 aliphatic rings. The highest BCUT2D eigenvalue weighted by atomic mass is 79.9. The van der Waals surface area contributed by atoms with Crippen LogP contribution in [-0.2, 0) is 11.3 Å². The Balaban J connectivity index is 1.47. The summed E-state index contributed by atoms with van der Waals surface area (Å²) in [5.41, 5.74) is 1.89. The number of hydrogen-bond donors (Lipinski definition) is 1. The molecule has 0 spiro atoms. The third kappa shape index (κ3) is 5.07. The van der Waals surface area contributed by atoms with E-state index in [-0.39, 0.29) is 11.7 Å². The number of halogens is 1. The highest BCUT2D eigenvalue weighted by Gasteiger charge is 2.21. The van der Waals surface area contributed by atoms with E-state index < -0.39 is 0 Å². The van der Waals surface area contributed by atoms with Crippen LogP contribution in [-0.4, -0.2) is 39.5 Å². The molecule has 1 saturated heterocycles. The Kier molecular flexibility index (Phi) is 6.79. The van der Waals surface area contributed by atoms with Gasteiger partial charge in [0.2, 0.25) is 11.9 Å². The van der Waals surface area contributed by atoms with Crippen LogP contribution in [0.2, 0.25) is 0 Å². The zero-order valence-corrected chi connectivity index (χ0v) is 19.2. The normalized spacial score (nSPS) is 14.1. The van der Waals surface area contributed by atoms with Gasteiger partial charge in [0.25, 0.3) is 0 Å². The maximum Gasteiger partial charge on any atom is 0.234 e. The van der Waals surface area contributed by atoms with Crippen LogP contribution in [0.3, 0.4) is 0 Å². The predicted molar refractivity (Wildman–Crippen MR) is 122 cm³/mol. The zero-order valence-electron chi connectivity index (χ0n) is 16.8. The molecule has 1 aliphatic heterocycles. The van der Waals surface area contributed by atoms with Gasteiger partial charge in [-0.05, 0) is 71.9 Å². The highest BCUT2D eigenvalue weighted by Crippen LogP contribution is 2.27. The first-order chi connectivity index (χ1) is 14.6. The number of anilines is 2. The minimum absolute atomic E-state index is 0.0865. The fourth-order valence-electron chi connectivity index (χ4n) is 3.45. The number of benzene rings is 1. The van der Waals surface area contributed by atoms with Crippen molar-refractivity contribution in [3.05, 3.63) is 52.4 Å². The standard InChI is InChI=1S/C21H24BrN5O2S/c1-15-7-8-18(17(22)12-15)23-19(28)14-30-21-25-24-20(26-9-3-2-4-10-26)27(21)13-16-6-5-11-29-16/h5-8,11-12H,2-4,9-10,13-14H2,1H3,(H,23,28). The van der Waals surface area contributed by atoms with Crippen LogP contribution in [0.15, 0.2) is 50.6 Å². The molecule has 2 aromatic heterocycles. The molecular weight excluding hydrogens is 466 g/mol. The van der Waals surface area contributed by atoms with E-state index in [0.29, 0.717) is 11.7 Å². The van der Waals surface area contributed by atoms with E-state index in [1.807, 2.05) is 41.8 Å². The number of hydrogen-bond acceptors (Lipinski definition) is 6. The Morgan fingerprint density at radius 2 is 2.07 bits per heavy atom. The number of aromatic nitrogens is 3. The molecule has 0 atom stereocenters. The average Bonchev–Trinajstić information content (AvgIpc) is 3.40. The van der Waals surface area contributed by atoms with Crippen molar-refractivity contribution < 1.29 is 9.21 Å². The number of nitrogens with one attached hydrogen (secondary N) is 1. The van der Waals surface area contributed by atoms with Crippen LogP contribution in [0.4, 0.5) is 11.6 Å². The van der Waals surface area contributed by atoms with Gasteiger partial charge in [-0.25, -0.2) is 0 Å². The number of rotatable bonds is 7. The molecule has 0 saturated carbocycles. The molecule has 1 aromatic carbocycles. The van der Waals surface area contributed by atoms with Crippen molar-refractivity contribution in [2.45, 2.75) is 37.9 Å². The lowest BCUT2D eigenvalue weighted by atomic mass is 10.1. The van der Waals surface area contributed by atoms with Gasteiger partial charge in [-0.1, -0.05) is 17.8 Å². The SMILES string of the molecule is Cc1ccc(NC(=O)CSc2nnc(N3CCCCC3)n2Cc2ccco2)c(Br)c1. The molecule has 1 fully saturated rings. The summed E-state index contributed by atoms with van der Waals surface area (Å²) in [6.45, 7) is 4.50. The first-order valence-corrected chi connectivity index (χ1v) is 11.8. The van der Waals surface area contributed by atoms with E-state index in [4.69, 9.17) is 4.42 Å². The fourth-order valence-corrected chi connectivity index (χ4v) is 4.78. The van der Waals surface area contributed by atoms with Gasteiger partial charge in [-0.2, -0.15) is 0 Å². The number of piperidine rings is 1. The van der Waals surface area contributed by atoms with Gasteiger partial charge in [0.05, 0.1) is 24.2 Å². The minimum Gasteiger partial charge on any atom is -0.467 e. The average molecular weight is 490 g/mol. The molecule has 4 rings (SSSR count). The third-order valence-corrected chi connectivity index (χ3v) is 6.58. The van der Waals surface area contributed by atoms with Crippen molar-refractivity contribution in [1.82, 2.24) is 14.8 Å². The van der Waals surface area contributed by atoms with Crippen LogP contribution >= 0.6 is 27.7 Å². The van der Waals surface area contributed by atoms with Crippen LogP contribution in [0.25, 0.3) is 0 Å². The Bertz CT molecular complexity index is 999. The van der Waals surface area contributed by atoms with Gasteiger partial charge in [0.15, 0.2) is 5.16 Å². The van der Waals surface area contributed by atoms with Crippen molar-refractivity contribution in [3.63, 3.8) is 0 Å². The van der Waals surface area contributed by atoms with Crippen LogP contribution in [0.1, 0.15) is 30.6 Å². The summed E-state index contributed by atoms with van der Waals surface area (Å²) in [5.74, 6) is 1.84. The maximum absolute atomic E-state index is 12.5. The molecule has 0 bridgehead atoms. The summed E-state index contributed by atoms with van der Waals surface area (Å²) in [6.07, 6.45) is 5.23. The topological polar surface area (TPSA) is 76.2 Å². The number of aryl methyl sites for hydroxylation is 1. The van der Waals surface area contributed by atoms with E-state index in [1.165, 1.54) is 18.2 Å². The smallest absolute Gasteiger partial charge is 0.234 e. The zero-order chi connectivity index (χ0) is 20.9. The minimum atomic E-state index is -0.0865. The molecule has 0 unspecified atom stereocenters. The van der Waals surface area contributed by atoms with E-state index in [1.54, 1.807) is 6.26 Å². The molecule has 3 aromatic rings. The fraction of sp³-hybridized carbons (Fsp3) is 0.381. The molecular formula is C21H24BrN5O2S. The lowest BCUT2D eigenvalue weighted by Crippen LogP contribution is -2.32. The van der Waals surface area contributed by atoms with Crippen molar-refractivity contribution in [2.75, 3.05) is 29.1 Å². The Labute approximate surface area is 188 Å². The van der Waals surface area contributed by atoms with Crippen molar-refractivity contribution >= 4 is 45.2 Å². The molecule has 0 radical (unpaired) electrons. The van der Waals surface area contributed by atoms with Crippen molar-refractivity contribution in [1.29, 1.82) is 0 Å². The molecule has 7 nitrogen and oxygen atoms in total. The lowest BCUT2D eigenvalue weighted by Gasteiger charge is -2.27. The Morgan fingerprint density at radius 3 is 2.80 bits per heavy atom. The monoisotopic (exact) mass is 489 g/mol. The second-order valence-corrected chi connectivity index (χ2v) is 9.11. The summed E-state index contributed by atoms with van der Waals surface area (Å²) < 4.78 is 8.46. The molecule has 9 heteroatoms. The number of furan rings is 1. The van der Waals surface area contributed by atoms with E-state index in [2.05, 4.69) is 36.3 Å². The summed E-state index contributed by atoms with van der Waals surface area (Å²) >= 11 is 4.88. The highest BCUT2D eigenvalue weighted by molar-refractivity contribution is 9.10. The Hall–Kier alpha value is -2.26. The number of carbonyl (C=O) groups is 1. The second kappa shape index (κ2) is 9.70. The maximum atomic E-state index is 12.5. The molecule has 1 N–H and O–H groups in total. The number of nitrogens with zero attached hydrogens (tertiary/aromatic N) is 4. The lowest BCUT2D eigenvalue weighted by molar-refractivity contribution is -0.113. The number of thioether (sulfide) groups is 1. The van der Waals surface area contributed by atoms with Gasteiger partial charge >= 0.3 is 0 Å². The molecule has 30 heavy (non-hydrogen) atoms. The van der Waals surface area contributed by atoms with Gasteiger partial charge in [-0.15, -0.1) is 10.2 Å². The van der Waals surface area contributed by atoms with E-state index in [9.17, 15) is 4.79 Å². The number of amides is 1. The van der Waals surface area contributed by atoms with Crippen molar-refractivity contribution in [3.8, 4) is 0 Å². The van der Waals surface area contributed by atoms with E-state index >= 15 is 0 Å². The van der Waals surface area contributed by atoms with Crippen LogP contribution in [0, 0.1) is 6.92 Å². The first kappa shape index (κ1) is 21.0. The largest absolute Gasteiger partial charge is 0.467 e. The molecule has 1 amide bonds. The predicted octanol–water partition coefficient (Wildman–Crippen LogP) is 4.71. The van der Waals surface area contributed by atoms with Crippen LogP contribution < -0.4 is 10.2 Å². The third-order valence-electron chi connectivity index (χ3n) is 4.96. The van der Waals surface area contributed by atoms with Crippen molar-refractivity contribution in [2.24, 2.45) is 0 Å². The first-order valence-electron chi connectivity index (χ1n) is 9.99. The summed E-state index contributed by atoms with van der Waals surface area (Å²) in [4.78, 5) is 14.8. The van der Waals surface area contributed by atoms with Gasteiger partial charge in [-0.3, -0.25) is 9.36 Å². The van der Waals surface area contributed by atoms with Gasteiger partial charge in [0.1, 0.15) is 5.76 Å². The quantitative estimate of drug-likeness (QED) is 0.484. The molecule has 0 aliphatic carbocycles. The van der Waals surface area contributed by atoms with Gasteiger partial charge < -0.3 is 14.6 Å². The second-order valence-electron chi connectivity index (χ2n) is 7.32. The summed E-state index contributed by atoms with van der Waals surface area (Å²) in [5, 5.41) is 12.5. The van der Waals surface area contributed by atoms with Gasteiger partial charge in [0, 0.05) is 17.6 Å². The van der Waals surface area contributed by atoms with Crippen LogP contribution in [0.5, 0.6) is 0 Å². The summed E-state index contributed by atoms with van der Waals surface area (Å²) in [7, 11) is 0. The molecule has 3 heterocycles. The summed E-state index contributed by atoms with van der Waals surface area (Å²) in [6, 6.07) is 9.66. The Morgan fingerprint density at radius 1 is 1.23 bits per heavy atom. The molecule has 158 valence electrons. The van der Waals surface area contributed by atoms with E-state index in [0.717, 1.165) is 53.4 Å².